The van der Waals surface area contributed by atoms with E-state index in [2.05, 4.69) is 15.5 Å². The van der Waals surface area contributed by atoms with Crippen molar-refractivity contribution >= 4 is 17.5 Å². The van der Waals surface area contributed by atoms with Gasteiger partial charge in [-0.05, 0) is 44.0 Å². The van der Waals surface area contributed by atoms with E-state index < -0.39 is 0 Å². The standard InChI is InChI=1S/C20H24ClN5O3/c1-13-19(21)14(2)26(23-13)12-25-10-8-16(24-25)20(27)22-9-7-15-5-6-17(28-3)18(11-15)29-4/h5-6,8,10-11H,7,9,12H2,1-4H3,(H,22,27). The predicted octanol–water partition coefficient (Wildman–Crippen LogP) is 2.85. The Labute approximate surface area is 174 Å². The normalized spacial score (nSPS) is 10.8. The average Bonchev–Trinajstić information content (AvgIpc) is 3.28. The van der Waals surface area contributed by atoms with Gasteiger partial charge in [-0.15, -0.1) is 0 Å². The molecule has 154 valence electrons. The van der Waals surface area contributed by atoms with Gasteiger partial charge in [0.15, 0.2) is 11.5 Å². The van der Waals surface area contributed by atoms with Crippen molar-refractivity contribution in [1.29, 1.82) is 0 Å². The zero-order valence-electron chi connectivity index (χ0n) is 16.9. The van der Waals surface area contributed by atoms with Gasteiger partial charge in [-0.3, -0.25) is 9.48 Å². The number of hydrogen-bond donors (Lipinski definition) is 1. The van der Waals surface area contributed by atoms with Gasteiger partial charge in [0.25, 0.3) is 5.91 Å². The molecule has 2 heterocycles. The summed E-state index contributed by atoms with van der Waals surface area (Å²) in [6.07, 6.45) is 2.41. The van der Waals surface area contributed by atoms with Crippen molar-refractivity contribution in [3.05, 3.63) is 58.1 Å². The van der Waals surface area contributed by atoms with Gasteiger partial charge in [0.1, 0.15) is 12.4 Å². The molecule has 3 rings (SSSR count). The average molecular weight is 418 g/mol. The highest BCUT2D eigenvalue weighted by Gasteiger charge is 2.12. The van der Waals surface area contributed by atoms with Crippen LogP contribution in [0.4, 0.5) is 0 Å². The van der Waals surface area contributed by atoms with E-state index in [1.165, 1.54) is 0 Å². The number of rotatable bonds is 8. The molecule has 0 radical (unpaired) electrons. The number of halogens is 1. The molecule has 1 amide bonds. The number of hydrogen-bond acceptors (Lipinski definition) is 5. The maximum Gasteiger partial charge on any atom is 0.271 e. The number of amides is 1. The lowest BCUT2D eigenvalue weighted by molar-refractivity contribution is 0.0948. The Morgan fingerprint density at radius 2 is 1.90 bits per heavy atom. The van der Waals surface area contributed by atoms with Gasteiger partial charge in [-0.2, -0.15) is 10.2 Å². The molecule has 0 atom stereocenters. The van der Waals surface area contributed by atoms with Crippen molar-refractivity contribution in [3.8, 4) is 11.5 Å². The second-order valence-electron chi connectivity index (χ2n) is 6.56. The summed E-state index contributed by atoms with van der Waals surface area (Å²) in [6, 6.07) is 7.38. The fraction of sp³-hybridized carbons (Fsp3) is 0.350. The quantitative estimate of drug-likeness (QED) is 0.609. The lowest BCUT2D eigenvalue weighted by Crippen LogP contribution is -2.26. The first-order valence-corrected chi connectivity index (χ1v) is 9.52. The van der Waals surface area contributed by atoms with Crippen LogP contribution in [0, 0.1) is 13.8 Å². The first-order chi connectivity index (χ1) is 13.9. The lowest BCUT2D eigenvalue weighted by atomic mass is 10.1. The van der Waals surface area contributed by atoms with Crippen molar-refractivity contribution in [3.63, 3.8) is 0 Å². The van der Waals surface area contributed by atoms with Gasteiger partial charge in [0.2, 0.25) is 0 Å². The molecule has 0 fully saturated rings. The van der Waals surface area contributed by atoms with E-state index in [1.807, 2.05) is 32.0 Å². The fourth-order valence-corrected chi connectivity index (χ4v) is 3.09. The summed E-state index contributed by atoms with van der Waals surface area (Å²) in [5.41, 5.74) is 3.02. The van der Waals surface area contributed by atoms with E-state index >= 15 is 0 Å². The Morgan fingerprint density at radius 1 is 1.14 bits per heavy atom. The third kappa shape index (κ3) is 4.71. The van der Waals surface area contributed by atoms with Crippen LogP contribution in [0.15, 0.2) is 30.5 Å². The second kappa shape index (κ2) is 9.00. The highest BCUT2D eigenvalue weighted by molar-refractivity contribution is 6.31. The fourth-order valence-electron chi connectivity index (χ4n) is 2.96. The molecule has 2 aromatic heterocycles. The number of aromatic nitrogens is 4. The summed E-state index contributed by atoms with van der Waals surface area (Å²) >= 11 is 6.17. The minimum Gasteiger partial charge on any atom is -0.493 e. The number of aryl methyl sites for hydroxylation is 1. The third-order valence-corrected chi connectivity index (χ3v) is 5.14. The molecule has 8 nitrogen and oxygen atoms in total. The summed E-state index contributed by atoms with van der Waals surface area (Å²) in [5, 5.41) is 12.2. The zero-order chi connectivity index (χ0) is 21.0. The summed E-state index contributed by atoms with van der Waals surface area (Å²) in [5.74, 6) is 1.12. The van der Waals surface area contributed by atoms with E-state index in [4.69, 9.17) is 21.1 Å². The summed E-state index contributed by atoms with van der Waals surface area (Å²) in [6.45, 7) is 4.62. The minimum atomic E-state index is -0.226. The third-order valence-electron chi connectivity index (χ3n) is 4.59. The van der Waals surface area contributed by atoms with Crippen molar-refractivity contribution < 1.29 is 14.3 Å². The van der Waals surface area contributed by atoms with Crippen LogP contribution in [0.25, 0.3) is 0 Å². The second-order valence-corrected chi connectivity index (χ2v) is 6.94. The van der Waals surface area contributed by atoms with Crippen LogP contribution >= 0.6 is 11.6 Å². The van der Waals surface area contributed by atoms with Crippen LogP contribution < -0.4 is 14.8 Å². The molecule has 0 aliphatic carbocycles. The number of ether oxygens (including phenoxy) is 2. The number of carbonyl (C=O) groups excluding carboxylic acids is 1. The van der Waals surface area contributed by atoms with Gasteiger partial charge in [-0.25, -0.2) is 4.68 Å². The molecule has 0 aliphatic heterocycles. The van der Waals surface area contributed by atoms with Crippen LogP contribution in [0.2, 0.25) is 5.02 Å². The van der Waals surface area contributed by atoms with Gasteiger partial charge in [-0.1, -0.05) is 17.7 Å². The van der Waals surface area contributed by atoms with E-state index in [0.29, 0.717) is 41.8 Å². The molecule has 0 aliphatic rings. The van der Waals surface area contributed by atoms with Crippen LogP contribution in [0.3, 0.4) is 0 Å². The molecule has 29 heavy (non-hydrogen) atoms. The first-order valence-electron chi connectivity index (χ1n) is 9.15. The Hall–Kier alpha value is -3.00. The predicted molar refractivity (Wildman–Crippen MR) is 110 cm³/mol. The number of benzene rings is 1. The number of methoxy groups -OCH3 is 2. The minimum absolute atomic E-state index is 0.226. The monoisotopic (exact) mass is 417 g/mol. The maximum atomic E-state index is 12.4. The first kappa shape index (κ1) is 20.7. The Bertz CT molecular complexity index is 1010. The molecule has 0 saturated carbocycles. The molecule has 1 aromatic carbocycles. The number of nitrogens with one attached hydrogen (secondary N) is 1. The van der Waals surface area contributed by atoms with Gasteiger partial charge in [0, 0.05) is 12.7 Å². The van der Waals surface area contributed by atoms with Crippen LogP contribution in [0.1, 0.15) is 27.4 Å². The zero-order valence-corrected chi connectivity index (χ0v) is 17.7. The van der Waals surface area contributed by atoms with E-state index in [0.717, 1.165) is 17.0 Å². The molecular formula is C20H24ClN5O3. The lowest BCUT2D eigenvalue weighted by Gasteiger charge is -2.10. The summed E-state index contributed by atoms with van der Waals surface area (Å²) in [7, 11) is 3.19. The Kier molecular flexibility index (Phi) is 6.43. The largest absolute Gasteiger partial charge is 0.493 e. The molecule has 1 N–H and O–H groups in total. The van der Waals surface area contributed by atoms with E-state index in [1.54, 1.807) is 35.8 Å². The topological polar surface area (TPSA) is 83.2 Å². The smallest absolute Gasteiger partial charge is 0.271 e. The summed E-state index contributed by atoms with van der Waals surface area (Å²) < 4.78 is 13.9. The molecule has 0 unspecified atom stereocenters. The Morgan fingerprint density at radius 3 is 2.55 bits per heavy atom. The SMILES string of the molecule is COc1ccc(CCNC(=O)c2ccn(Cn3nc(C)c(Cl)c3C)n2)cc1OC. The maximum absolute atomic E-state index is 12.4. The van der Waals surface area contributed by atoms with E-state index in [9.17, 15) is 4.79 Å². The van der Waals surface area contributed by atoms with Gasteiger partial charge >= 0.3 is 0 Å². The number of carbonyl (C=O) groups is 1. The number of nitrogens with zero attached hydrogens (tertiary/aromatic N) is 4. The highest BCUT2D eigenvalue weighted by atomic mass is 35.5. The highest BCUT2D eigenvalue weighted by Crippen LogP contribution is 2.27. The molecule has 3 aromatic rings. The van der Waals surface area contributed by atoms with Crippen molar-refractivity contribution in [1.82, 2.24) is 24.9 Å². The molecular weight excluding hydrogens is 394 g/mol. The summed E-state index contributed by atoms with van der Waals surface area (Å²) in [4.78, 5) is 12.4. The van der Waals surface area contributed by atoms with Gasteiger partial charge < -0.3 is 14.8 Å². The molecule has 0 saturated heterocycles. The van der Waals surface area contributed by atoms with Crippen molar-refractivity contribution in [2.45, 2.75) is 26.9 Å². The molecule has 0 bridgehead atoms. The van der Waals surface area contributed by atoms with Gasteiger partial charge in [0.05, 0.1) is 30.6 Å². The van der Waals surface area contributed by atoms with Crippen molar-refractivity contribution in [2.75, 3.05) is 20.8 Å². The van der Waals surface area contributed by atoms with Crippen LogP contribution in [0.5, 0.6) is 11.5 Å². The van der Waals surface area contributed by atoms with E-state index in [-0.39, 0.29) is 5.91 Å². The molecule has 9 heteroatoms. The van der Waals surface area contributed by atoms with Crippen LogP contribution in [-0.4, -0.2) is 46.2 Å². The molecule has 0 spiro atoms. The Balaban J connectivity index is 1.56. The van der Waals surface area contributed by atoms with Crippen LogP contribution in [-0.2, 0) is 13.1 Å². The van der Waals surface area contributed by atoms with Crippen molar-refractivity contribution in [2.24, 2.45) is 0 Å².